The summed E-state index contributed by atoms with van der Waals surface area (Å²) in [6.07, 6.45) is 3.90. The normalized spacial score (nSPS) is 12.9. The number of nitrogens with one attached hydrogen (secondary N) is 1. The molecule has 3 nitrogen and oxygen atoms in total. The van der Waals surface area contributed by atoms with Crippen LogP contribution < -0.4 is 5.32 Å². The molecule has 0 radical (unpaired) electrons. The van der Waals surface area contributed by atoms with Gasteiger partial charge in [0, 0.05) is 13.1 Å². The molecular weight excluding hydrogens is 264 g/mol. The van der Waals surface area contributed by atoms with Crippen molar-refractivity contribution in [2.75, 3.05) is 13.1 Å². The lowest BCUT2D eigenvalue weighted by atomic mass is 10.1. The van der Waals surface area contributed by atoms with E-state index in [9.17, 15) is 13.9 Å². The van der Waals surface area contributed by atoms with Crippen LogP contribution in [0.5, 0.6) is 0 Å². The molecule has 0 aliphatic carbocycles. The van der Waals surface area contributed by atoms with E-state index in [0.717, 1.165) is 12.1 Å². The first kappa shape index (κ1) is 14.4. The SMILES string of the molecule is OC(CNC/C=C/c1ccco1)c1c(F)cccc1F. The number of halogens is 2. The Balaban J connectivity index is 1.82. The number of rotatable bonds is 6. The van der Waals surface area contributed by atoms with Gasteiger partial charge in [0.2, 0.25) is 0 Å². The summed E-state index contributed by atoms with van der Waals surface area (Å²) in [6, 6.07) is 7.09. The summed E-state index contributed by atoms with van der Waals surface area (Å²) < 4.78 is 31.9. The van der Waals surface area contributed by atoms with Crippen LogP contribution in [0.15, 0.2) is 47.1 Å². The summed E-state index contributed by atoms with van der Waals surface area (Å²) in [5, 5.41) is 12.7. The lowest BCUT2D eigenvalue weighted by Crippen LogP contribution is -2.22. The molecule has 0 aliphatic rings. The van der Waals surface area contributed by atoms with Gasteiger partial charge in [-0.2, -0.15) is 0 Å². The zero-order chi connectivity index (χ0) is 14.4. The van der Waals surface area contributed by atoms with Crippen molar-refractivity contribution in [1.29, 1.82) is 0 Å². The summed E-state index contributed by atoms with van der Waals surface area (Å²) in [6.45, 7) is 0.508. The molecule has 1 unspecified atom stereocenters. The molecule has 1 aromatic carbocycles. The lowest BCUT2D eigenvalue weighted by Gasteiger charge is -2.13. The van der Waals surface area contributed by atoms with Crippen molar-refractivity contribution < 1.29 is 18.3 Å². The average molecular weight is 279 g/mol. The molecule has 0 saturated carbocycles. The van der Waals surface area contributed by atoms with Crippen molar-refractivity contribution in [2.45, 2.75) is 6.10 Å². The summed E-state index contributed by atoms with van der Waals surface area (Å²) >= 11 is 0. The molecule has 2 rings (SSSR count). The molecule has 0 saturated heterocycles. The highest BCUT2D eigenvalue weighted by Crippen LogP contribution is 2.19. The fourth-order valence-corrected chi connectivity index (χ4v) is 1.80. The largest absolute Gasteiger partial charge is 0.465 e. The van der Waals surface area contributed by atoms with Crippen LogP contribution in [-0.4, -0.2) is 18.2 Å². The molecule has 0 bridgehead atoms. The van der Waals surface area contributed by atoms with Crippen molar-refractivity contribution in [2.24, 2.45) is 0 Å². The van der Waals surface area contributed by atoms with Gasteiger partial charge in [-0.15, -0.1) is 0 Å². The van der Waals surface area contributed by atoms with E-state index in [2.05, 4.69) is 5.32 Å². The van der Waals surface area contributed by atoms with Gasteiger partial charge < -0.3 is 14.8 Å². The molecule has 2 N–H and O–H groups in total. The molecule has 106 valence electrons. The summed E-state index contributed by atoms with van der Waals surface area (Å²) in [5.74, 6) is -0.775. The highest BCUT2D eigenvalue weighted by Gasteiger charge is 2.16. The fraction of sp³-hybridized carbons (Fsp3) is 0.200. The van der Waals surface area contributed by atoms with E-state index in [1.807, 2.05) is 0 Å². The van der Waals surface area contributed by atoms with Crippen molar-refractivity contribution in [3.8, 4) is 0 Å². The van der Waals surface area contributed by atoms with Crippen LogP contribution in [-0.2, 0) is 0 Å². The highest BCUT2D eigenvalue weighted by atomic mass is 19.1. The van der Waals surface area contributed by atoms with Crippen molar-refractivity contribution in [3.63, 3.8) is 0 Å². The van der Waals surface area contributed by atoms with Crippen LogP contribution in [0.1, 0.15) is 17.4 Å². The molecule has 0 spiro atoms. The van der Waals surface area contributed by atoms with Crippen LogP contribution in [0.2, 0.25) is 0 Å². The summed E-state index contributed by atoms with van der Waals surface area (Å²) in [5.41, 5.74) is -0.310. The van der Waals surface area contributed by atoms with Gasteiger partial charge in [-0.3, -0.25) is 0 Å². The van der Waals surface area contributed by atoms with Crippen LogP contribution >= 0.6 is 0 Å². The molecule has 1 heterocycles. The van der Waals surface area contributed by atoms with Crippen LogP contribution in [0.3, 0.4) is 0 Å². The first-order chi connectivity index (χ1) is 9.68. The molecule has 0 aliphatic heterocycles. The Bertz CT molecular complexity index is 547. The lowest BCUT2D eigenvalue weighted by molar-refractivity contribution is 0.166. The molecule has 2 aromatic rings. The number of hydrogen-bond acceptors (Lipinski definition) is 3. The van der Waals surface area contributed by atoms with E-state index in [-0.39, 0.29) is 12.1 Å². The number of aliphatic hydroxyl groups excluding tert-OH is 1. The van der Waals surface area contributed by atoms with Gasteiger partial charge in [-0.1, -0.05) is 12.1 Å². The van der Waals surface area contributed by atoms with Gasteiger partial charge in [0.25, 0.3) is 0 Å². The molecule has 5 heteroatoms. The Morgan fingerprint density at radius 3 is 2.60 bits per heavy atom. The van der Waals surface area contributed by atoms with E-state index in [4.69, 9.17) is 4.42 Å². The third-order valence-corrected chi connectivity index (χ3v) is 2.76. The average Bonchev–Trinajstić information content (AvgIpc) is 2.91. The van der Waals surface area contributed by atoms with Gasteiger partial charge in [-0.25, -0.2) is 8.78 Å². The van der Waals surface area contributed by atoms with Gasteiger partial charge >= 0.3 is 0 Å². The Labute approximate surface area is 115 Å². The second-order valence-corrected chi connectivity index (χ2v) is 4.23. The van der Waals surface area contributed by atoms with Gasteiger partial charge in [0.15, 0.2) is 0 Å². The zero-order valence-corrected chi connectivity index (χ0v) is 10.7. The molecule has 0 amide bonds. The maximum Gasteiger partial charge on any atom is 0.131 e. The van der Waals surface area contributed by atoms with Gasteiger partial charge in [-0.05, 0) is 30.3 Å². The van der Waals surface area contributed by atoms with Crippen LogP contribution in [0, 0.1) is 11.6 Å². The molecule has 20 heavy (non-hydrogen) atoms. The third kappa shape index (κ3) is 3.76. The van der Waals surface area contributed by atoms with Crippen LogP contribution in [0.4, 0.5) is 8.78 Å². The van der Waals surface area contributed by atoms with Crippen molar-refractivity contribution in [1.82, 2.24) is 5.32 Å². The van der Waals surface area contributed by atoms with E-state index in [1.54, 1.807) is 30.5 Å². The minimum atomic E-state index is -1.23. The molecule has 1 atom stereocenters. The summed E-state index contributed by atoms with van der Waals surface area (Å²) in [7, 11) is 0. The Hall–Kier alpha value is -1.98. The second-order valence-electron chi connectivity index (χ2n) is 4.23. The molecule has 0 fully saturated rings. The quantitative estimate of drug-likeness (QED) is 0.799. The maximum absolute atomic E-state index is 13.4. The zero-order valence-electron chi connectivity index (χ0n) is 10.7. The Morgan fingerprint density at radius 1 is 1.20 bits per heavy atom. The topological polar surface area (TPSA) is 45.4 Å². The third-order valence-electron chi connectivity index (χ3n) is 2.76. The van der Waals surface area contributed by atoms with Gasteiger partial charge in [0.05, 0.1) is 17.9 Å². The highest BCUT2D eigenvalue weighted by molar-refractivity contribution is 5.42. The summed E-state index contributed by atoms with van der Waals surface area (Å²) in [4.78, 5) is 0. The monoisotopic (exact) mass is 279 g/mol. The first-order valence-corrected chi connectivity index (χ1v) is 6.21. The first-order valence-electron chi connectivity index (χ1n) is 6.21. The number of hydrogen-bond donors (Lipinski definition) is 2. The Kier molecular flexibility index (Phi) is 5.03. The van der Waals surface area contributed by atoms with E-state index >= 15 is 0 Å². The van der Waals surface area contributed by atoms with Crippen LogP contribution in [0.25, 0.3) is 6.08 Å². The predicted octanol–water partition coefficient (Wildman–Crippen LogP) is 2.89. The number of aliphatic hydroxyl groups is 1. The molecule has 1 aromatic heterocycles. The minimum absolute atomic E-state index is 0.0559. The van der Waals surface area contributed by atoms with Crippen molar-refractivity contribution >= 4 is 6.08 Å². The number of benzene rings is 1. The van der Waals surface area contributed by atoms with Crippen molar-refractivity contribution in [3.05, 3.63) is 65.6 Å². The van der Waals surface area contributed by atoms with E-state index in [1.165, 1.54) is 6.07 Å². The molecular formula is C15H15F2NO2. The maximum atomic E-state index is 13.4. The van der Waals surface area contributed by atoms with E-state index < -0.39 is 17.7 Å². The minimum Gasteiger partial charge on any atom is -0.465 e. The smallest absolute Gasteiger partial charge is 0.131 e. The predicted molar refractivity (Wildman–Crippen MR) is 71.9 cm³/mol. The Morgan fingerprint density at radius 2 is 1.95 bits per heavy atom. The van der Waals surface area contributed by atoms with E-state index in [0.29, 0.717) is 12.3 Å². The number of furan rings is 1. The second kappa shape index (κ2) is 6.98. The standard InChI is InChI=1S/C15H15F2NO2/c16-12-6-1-7-13(17)15(12)14(19)10-18-8-2-4-11-5-3-9-20-11/h1-7,9,14,18-19H,8,10H2/b4-2+. The van der Waals surface area contributed by atoms with Gasteiger partial charge in [0.1, 0.15) is 17.4 Å². The fourth-order valence-electron chi connectivity index (χ4n) is 1.80.